The van der Waals surface area contributed by atoms with Crippen molar-refractivity contribution in [3.05, 3.63) is 39.9 Å². The number of carbonyl (C=O) groups is 2. The second-order valence-corrected chi connectivity index (χ2v) is 8.07. The lowest BCUT2D eigenvalue weighted by atomic mass is 10.0. The van der Waals surface area contributed by atoms with Crippen LogP contribution in [0.2, 0.25) is 0 Å². The third-order valence-electron chi connectivity index (χ3n) is 4.70. The standard InChI is InChI=1S/C20H31N3O7/c1-20(2,3)22(19(27)28)12-6-4-5-7-17(25)21-16(13-24)18(26)14-8-10-15(11-9-14)23(29)30/h8-11,16,18,24,26H,4-7,12-13H2,1-3H3,(H,21,25)(H,27,28)/t16-,18-/m1/s1. The normalized spacial score (nSPS) is 13.4. The number of benzene rings is 1. The number of aliphatic hydroxyl groups excluding tert-OH is 2. The number of nitrogens with one attached hydrogen (secondary N) is 1. The van der Waals surface area contributed by atoms with Gasteiger partial charge in [0.15, 0.2) is 0 Å². The first-order chi connectivity index (χ1) is 14.0. The van der Waals surface area contributed by atoms with Gasteiger partial charge in [-0.05, 0) is 51.3 Å². The number of hydrogen-bond acceptors (Lipinski definition) is 6. The molecular formula is C20H31N3O7. The first-order valence-corrected chi connectivity index (χ1v) is 9.80. The maximum atomic E-state index is 12.1. The van der Waals surface area contributed by atoms with Crippen LogP contribution in [0.25, 0.3) is 0 Å². The zero-order chi connectivity index (χ0) is 22.9. The van der Waals surface area contributed by atoms with E-state index in [0.717, 1.165) is 0 Å². The highest BCUT2D eigenvalue weighted by Gasteiger charge is 2.25. The van der Waals surface area contributed by atoms with E-state index in [0.29, 0.717) is 31.4 Å². The van der Waals surface area contributed by atoms with Gasteiger partial charge in [0, 0.05) is 30.6 Å². The fraction of sp³-hybridized carbons (Fsp3) is 0.600. The second-order valence-electron chi connectivity index (χ2n) is 8.07. The van der Waals surface area contributed by atoms with Crippen molar-refractivity contribution in [3.8, 4) is 0 Å². The Morgan fingerprint density at radius 3 is 2.23 bits per heavy atom. The van der Waals surface area contributed by atoms with Crippen molar-refractivity contribution >= 4 is 17.7 Å². The highest BCUT2D eigenvalue weighted by Crippen LogP contribution is 2.21. The molecule has 0 radical (unpaired) electrons. The first kappa shape index (κ1) is 25.3. The molecule has 1 aromatic rings. The third-order valence-corrected chi connectivity index (χ3v) is 4.70. The van der Waals surface area contributed by atoms with Gasteiger partial charge in [-0.25, -0.2) is 4.79 Å². The summed E-state index contributed by atoms with van der Waals surface area (Å²) in [5.41, 5.74) is -0.273. The Labute approximate surface area is 175 Å². The molecule has 2 atom stereocenters. The van der Waals surface area contributed by atoms with Crippen LogP contribution in [0.4, 0.5) is 10.5 Å². The number of aliphatic hydroxyl groups is 2. The van der Waals surface area contributed by atoms with E-state index in [9.17, 15) is 35.0 Å². The van der Waals surface area contributed by atoms with Crippen LogP contribution in [0.5, 0.6) is 0 Å². The number of unbranched alkanes of at least 4 members (excludes halogenated alkanes) is 2. The predicted molar refractivity (Wildman–Crippen MR) is 110 cm³/mol. The lowest BCUT2D eigenvalue weighted by molar-refractivity contribution is -0.384. The smallest absolute Gasteiger partial charge is 0.407 e. The van der Waals surface area contributed by atoms with E-state index in [-0.39, 0.29) is 18.0 Å². The zero-order valence-corrected chi connectivity index (χ0v) is 17.6. The van der Waals surface area contributed by atoms with Crippen molar-refractivity contribution in [3.63, 3.8) is 0 Å². The van der Waals surface area contributed by atoms with Gasteiger partial charge in [0.25, 0.3) is 5.69 Å². The summed E-state index contributed by atoms with van der Waals surface area (Å²) < 4.78 is 0. The zero-order valence-electron chi connectivity index (χ0n) is 17.6. The molecule has 0 heterocycles. The monoisotopic (exact) mass is 425 g/mol. The van der Waals surface area contributed by atoms with Gasteiger partial charge in [-0.2, -0.15) is 0 Å². The third kappa shape index (κ3) is 7.96. The fourth-order valence-corrected chi connectivity index (χ4v) is 2.98. The van der Waals surface area contributed by atoms with Gasteiger partial charge >= 0.3 is 6.09 Å². The lowest BCUT2D eigenvalue weighted by Crippen LogP contribution is -2.45. The molecule has 0 bridgehead atoms. The minimum Gasteiger partial charge on any atom is -0.465 e. The van der Waals surface area contributed by atoms with Gasteiger partial charge in [0.05, 0.1) is 17.6 Å². The average molecular weight is 425 g/mol. The molecule has 0 aromatic heterocycles. The molecule has 1 aromatic carbocycles. The number of nitro groups is 1. The summed E-state index contributed by atoms with van der Waals surface area (Å²) in [4.78, 5) is 34.9. The van der Waals surface area contributed by atoms with Crippen molar-refractivity contribution in [2.24, 2.45) is 0 Å². The van der Waals surface area contributed by atoms with E-state index in [4.69, 9.17) is 0 Å². The van der Waals surface area contributed by atoms with E-state index in [1.807, 2.05) is 20.8 Å². The van der Waals surface area contributed by atoms with Crippen molar-refractivity contribution in [2.45, 2.75) is 64.1 Å². The Morgan fingerprint density at radius 1 is 1.17 bits per heavy atom. The summed E-state index contributed by atoms with van der Waals surface area (Å²) in [7, 11) is 0. The van der Waals surface area contributed by atoms with Crippen LogP contribution in [0, 0.1) is 10.1 Å². The van der Waals surface area contributed by atoms with E-state index >= 15 is 0 Å². The number of carbonyl (C=O) groups excluding carboxylic acids is 1. The minimum atomic E-state index is -1.21. The number of amides is 2. The van der Waals surface area contributed by atoms with Crippen LogP contribution in [0.3, 0.4) is 0 Å². The fourth-order valence-electron chi connectivity index (χ4n) is 2.98. The van der Waals surface area contributed by atoms with Crippen molar-refractivity contribution in [1.82, 2.24) is 10.2 Å². The van der Waals surface area contributed by atoms with Crippen LogP contribution in [-0.4, -0.2) is 61.9 Å². The van der Waals surface area contributed by atoms with Gasteiger partial charge in [-0.1, -0.05) is 6.42 Å². The molecule has 2 amide bonds. The Bertz CT molecular complexity index is 716. The summed E-state index contributed by atoms with van der Waals surface area (Å²) in [6.45, 7) is 5.33. The topological polar surface area (TPSA) is 153 Å². The minimum absolute atomic E-state index is 0.122. The van der Waals surface area contributed by atoms with Crippen LogP contribution in [-0.2, 0) is 4.79 Å². The average Bonchev–Trinajstić information content (AvgIpc) is 2.66. The Hall–Kier alpha value is -2.72. The Balaban J connectivity index is 2.46. The predicted octanol–water partition coefficient (Wildman–Crippen LogP) is 2.44. The molecule has 1 rings (SSSR count). The molecule has 30 heavy (non-hydrogen) atoms. The molecule has 10 heteroatoms. The second kappa shape index (κ2) is 11.5. The van der Waals surface area contributed by atoms with Crippen molar-refractivity contribution in [1.29, 1.82) is 0 Å². The summed E-state index contributed by atoms with van der Waals surface area (Å²) in [5, 5.41) is 42.4. The van der Waals surface area contributed by atoms with E-state index < -0.39 is 35.3 Å². The van der Waals surface area contributed by atoms with Crippen LogP contribution < -0.4 is 5.32 Å². The maximum absolute atomic E-state index is 12.1. The van der Waals surface area contributed by atoms with Gasteiger partial charge in [0.2, 0.25) is 5.91 Å². The van der Waals surface area contributed by atoms with E-state index in [1.54, 1.807) is 0 Å². The molecule has 10 nitrogen and oxygen atoms in total. The molecule has 0 spiro atoms. The quantitative estimate of drug-likeness (QED) is 0.241. The number of hydrogen-bond donors (Lipinski definition) is 4. The molecule has 4 N–H and O–H groups in total. The Morgan fingerprint density at radius 2 is 1.77 bits per heavy atom. The lowest BCUT2D eigenvalue weighted by Gasteiger charge is -2.33. The van der Waals surface area contributed by atoms with E-state index in [1.165, 1.54) is 29.2 Å². The van der Waals surface area contributed by atoms with Crippen LogP contribution >= 0.6 is 0 Å². The highest BCUT2D eigenvalue weighted by molar-refractivity contribution is 5.76. The number of carboxylic acid groups (broad SMARTS) is 1. The summed E-state index contributed by atoms with van der Waals surface area (Å²) in [6, 6.07) is 4.30. The molecule has 0 saturated carbocycles. The van der Waals surface area contributed by atoms with Gasteiger partial charge in [-0.15, -0.1) is 0 Å². The molecule has 0 aliphatic carbocycles. The molecular weight excluding hydrogens is 394 g/mol. The highest BCUT2D eigenvalue weighted by atomic mass is 16.6. The molecule has 0 aliphatic heterocycles. The summed E-state index contributed by atoms with van der Waals surface area (Å²) in [6.07, 6.45) is -0.212. The number of nitro benzene ring substituents is 1. The summed E-state index contributed by atoms with van der Waals surface area (Å²) in [5.74, 6) is -0.346. The number of non-ortho nitro benzene ring substituents is 1. The molecule has 0 unspecified atom stereocenters. The van der Waals surface area contributed by atoms with Crippen LogP contribution in [0.1, 0.15) is 58.1 Å². The largest absolute Gasteiger partial charge is 0.465 e. The van der Waals surface area contributed by atoms with Crippen molar-refractivity contribution < 1.29 is 29.8 Å². The molecule has 0 aliphatic rings. The van der Waals surface area contributed by atoms with Gasteiger partial charge in [0.1, 0.15) is 6.10 Å². The molecule has 168 valence electrons. The summed E-state index contributed by atoms with van der Waals surface area (Å²) >= 11 is 0. The van der Waals surface area contributed by atoms with E-state index in [2.05, 4.69) is 5.32 Å². The Kier molecular flexibility index (Phi) is 9.67. The molecule has 0 fully saturated rings. The van der Waals surface area contributed by atoms with Gasteiger partial charge < -0.3 is 25.5 Å². The van der Waals surface area contributed by atoms with Crippen LogP contribution in [0.15, 0.2) is 24.3 Å². The molecule has 0 saturated heterocycles. The SMILES string of the molecule is CC(C)(C)N(CCCCCC(=O)N[C@H](CO)[C@H](O)c1ccc([N+](=O)[O-])cc1)C(=O)O. The van der Waals surface area contributed by atoms with Crippen molar-refractivity contribution in [2.75, 3.05) is 13.2 Å². The number of rotatable bonds is 11. The first-order valence-electron chi connectivity index (χ1n) is 9.80. The van der Waals surface area contributed by atoms with Gasteiger partial charge in [-0.3, -0.25) is 14.9 Å². The maximum Gasteiger partial charge on any atom is 0.407 e. The number of nitrogens with zero attached hydrogens (tertiary/aromatic N) is 2.